The Kier molecular flexibility index (Phi) is 5.31. The van der Waals surface area contributed by atoms with E-state index in [1.807, 2.05) is 12.1 Å². The minimum absolute atomic E-state index is 0.110. The van der Waals surface area contributed by atoms with E-state index in [9.17, 15) is 14.0 Å². The van der Waals surface area contributed by atoms with E-state index in [4.69, 9.17) is 11.6 Å². The molecule has 0 bridgehead atoms. The lowest BCUT2D eigenvalue weighted by Crippen LogP contribution is -2.44. The Morgan fingerprint density at radius 1 is 1.17 bits per heavy atom. The van der Waals surface area contributed by atoms with Crippen LogP contribution < -0.4 is 10.2 Å². The van der Waals surface area contributed by atoms with Crippen LogP contribution in [0.1, 0.15) is 12.0 Å². The van der Waals surface area contributed by atoms with Crippen LogP contribution in [0, 0.1) is 5.82 Å². The van der Waals surface area contributed by atoms with Gasteiger partial charge in [0.15, 0.2) is 0 Å². The van der Waals surface area contributed by atoms with Crippen LogP contribution in [0.2, 0.25) is 5.02 Å². The number of amides is 2. The molecule has 2 heterocycles. The number of carbonyl (C=O) groups is 2. The molecule has 0 saturated carbocycles. The second-order valence-electron chi connectivity index (χ2n) is 6.75. The van der Waals surface area contributed by atoms with E-state index < -0.39 is 0 Å². The molecule has 6 nitrogen and oxygen atoms in total. The number of rotatable bonds is 5. The van der Waals surface area contributed by atoms with Gasteiger partial charge in [0.25, 0.3) is 0 Å². The summed E-state index contributed by atoms with van der Waals surface area (Å²) in [5.41, 5.74) is 2.31. The zero-order chi connectivity index (χ0) is 20.4. The molecule has 0 radical (unpaired) electrons. The quantitative estimate of drug-likeness (QED) is 0.698. The summed E-state index contributed by atoms with van der Waals surface area (Å²) < 4.78 is 14.7. The predicted molar refractivity (Wildman–Crippen MR) is 108 cm³/mol. The van der Waals surface area contributed by atoms with Crippen LogP contribution in [0.4, 0.5) is 10.2 Å². The Labute approximate surface area is 171 Å². The first kappa shape index (κ1) is 19.1. The molecule has 0 spiro atoms. The van der Waals surface area contributed by atoms with Crippen molar-refractivity contribution < 1.29 is 14.0 Å². The number of nitrogens with one attached hydrogen (secondary N) is 1. The molecule has 1 N–H and O–H groups in total. The number of aryl methyl sites for hydroxylation is 1. The van der Waals surface area contributed by atoms with Crippen LogP contribution in [0.3, 0.4) is 0 Å². The monoisotopic (exact) mass is 412 g/mol. The third kappa shape index (κ3) is 4.30. The number of halogens is 2. The first-order valence-electron chi connectivity index (χ1n) is 9.15. The van der Waals surface area contributed by atoms with E-state index in [1.54, 1.807) is 35.0 Å². The largest absolute Gasteiger partial charge is 0.350 e. The molecule has 1 aromatic heterocycles. The lowest BCUT2D eigenvalue weighted by molar-refractivity contribution is -0.124. The minimum Gasteiger partial charge on any atom is -0.350 e. The Hall–Kier alpha value is -3.19. The third-order valence-electron chi connectivity index (χ3n) is 4.70. The first-order chi connectivity index (χ1) is 14.0. The van der Waals surface area contributed by atoms with Gasteiger partial charge in [-0.25, -0.2) is 9.07 Å². The molecule has 0 fully saturated rings. The molecule has 0 aliphatic carbocycles. The zero-order valence-corrected chi connectivity index (χ0v) is 16.2. The Morgan fingerprint density at radius 3 is 2.72 bits per heavy atom. The lowest BCUT2D eigenvalue weighted by Gasteiger charge is -2.26. The number of nitrogens with zero attached hydrogens (tertiary/aromatic N) is 3. The SMILES string of the molecule is O=C(CN1C(=O)CCn2nc(-c3cccc(Cl)c3)cc21)NCc1ccc(F)cc1. The van der Waals surface area contributed by atoms with Crippen molar-refractivity contribution in [2.45, 2.75) is 19.5 Å². The van der Waals surface area contributed by atoms with Gasteiger partial charge in [-0.2, -0.15) is 5.10 Å². The average molecular weight is 413 g/mol. The second kappa shape index (κ2) is 8.05. The van der Waals surface area contributed by atoms with Gasteiger partial charge in [0.1, 0.15) is 18.2 Å². The predicted octanol–water partition coefficient (Wildman–Crippen LogP) is 3.40. The molecular formula is C21H18ClFN4O2. The number of carbonyl (C=O) groups excluding carboxylic acids is 2. The Bertz CT molecular complexity index is 1060. The molecule has 3 aromatic rings. The molecule has 1 aliphatic rings. The summed E-state index contributed by atoms with van der Waals surface area (Å²) in [5, 5.41) is 7.91. The van der Waals surface area contributed by atoms with Gasteiger partial charge in [-0.1, -0.05) is 35.9 Å². The van der Waals surface area contributed by atoms with Crippen molar-refractivity contribution in [1.29, 1.82) is 0 Å². The molecule has 8 heteroatoms. The van der Waals surface area contributed by atoms with Gasteiger partial charge >= 0.3 is 0 Å². The topological polar surface area (TPSA) is 67.2 Å². The maximum Gasteiger partial charge on any atom is 0.240 e. The van der Waals surface area contributed by atoms with E-state index in [0.717, 1.165) is 11.1 Å². The minimum atomic E-state index is -0.331. The van der Waals surface area contributed by atoms with Crippen LogP contribution in [0.25, 0.3) is 11.3 Å². The molecular weight excluding hydrogens is 395 g/mol. The molecule has 29 heavy (non-hydrogen) atoms. The summed E-state index contributed by atoms with van der Waals surface area (Å²) in [6.45, 7) is 0.608. The molecule has 0 saturated heterocycles. The fraction of sp³-hybridized carbons (Fsp3) is 0.190. The summed E-state index contributed by atoms with van der Waals surface area (Å²) in [6, 6.07) is 15.0. The lowest BCUT2D eigenvalue weighted by atomic mass is 10.1. The summed E-state index contributed by atoms with van der Waals surface area (Å²) in [6.07, 6.45) is 0.273. The molecule has 2 amide bonds. The highest BCUT2D eigenvalue weighted by Crippen LogP contribution is 2.29. The molecule has 2 aromatic carbocycles. The van der Waals surface area contributed by atoms with Crippen molar-refractivity contribution in [3.63, 3.8) is 0 Å². The van der Waals surface area contributed by atoms with E-state index in [0.29, 0.717) is 23.1 Å². The van der Waals surface area contributed by atoms with E-state index in [1.165, 1.54) is 17.0 Å². The normalized spacial score (nSPS) is 13.3. The molecule has 0 atom stereocenters. The maximum atomic E-state index is 13.0. The van der Waals surface area contributed by atoms with E-state index in [2.05, 4.69) is 10.4 Å². The van der Waals surface area contributed by atoms with Crippen molar-refractivity contribution in [1.82, 2.24) is 15.1 Å². The number of aromatic nitrogens is 2. The Morgan fingerprint density at radius 2 is 1.97 bits per heavy atom. The van der Waals surface area contributed by atoms with E-state index >= 15 is 0 Å². The summed E-state index contributed by atoms with van der Waals surface area (Å²) in [7, 11) is 0. The van der Waals surface area contributed by atoms with Gasteiger partial charge in [-0.05, 0) is 29.8 Å². The van der Waals surface area contributed by atoms with Crippen molar-refractivity contribution in [2.24, 2.45) is 0 Å². The van der Waals surface area contributed by atoms with Crippen LogP contribution >= 0.6 is 11.6 Å². The van der Waals surface area contributed by atoms with Crippen LogP contribution in [-0.2, 0) is 22.7 Å². The highest BCUT2D eigenvalue weighted by Gasteiger charge is 2.28. The van der Waals surface area contributed by atoms with Crippen molar-refractivity contribution in [3.05, 3.63) is 71.0 Å². The van der Waals surface area contributed by atoms with Crippen molar-refractivity contribution in [2.75, 3.05) is 11.4 Å². The van der Waals surface area contributed by atoms with Crippen LogP contribution in [0.5, 0.6) is 0 Å². The first-order valence-corrected chi connectivity index (χ1v) is 9.53. The maximum absolute atomic E-state index is 13.0. The smallest absolute Gasteiger partial charge is 0.240 e. The highest BCUT2D eigenvalue weighted by atomic mass is 35.5. The Balaban J connectivity index is 1.49. The summed E-state index contributed by atoms with van der Waals surface area (Å²) in [4.78, 5) is 26.3. The van der Waals surface area contributed by atoms with Gasteiger partial charge in [-0.15, -0.1) is 0 Å². The average Bonchev–Trinajstić information content (AvgIpc) is 3.14. The van der Waals surface area contributed by atoms with Crippen molar-refractivity contribution >= 4 is 29.2 Å². The number of benzene rings is 2. The van der Waals surface area contributed by atoms with Gasteiger partial charge in [0, 0.05) is 29.6 Å². The van der Waals surface area contributed by atoms with Gasteiger partial charge in [0.2, 0.25) is 11.8 Å². The second-order valence-corrected chi connectivity index (χ2v) is 7.19. The van der Waals surface area contributed by atoms with Crippen LogP contribution in [0.15, 0.2) is 54.6 Å². The van der Waals surface area contributed by atoms with Crippen molar-refractivity contribution in [3.8, 4) is 11.3 Å². The number of hydrogen-bond donors (Lipinski definition) is 1. The molecule has 4 rings (SSSR count). The third-order valence-corrected chi connectivity index (χ3v) is 4.93. The van der Waals surface area contributed by atoms with E-state index in [-0.39, 0.29) is 37.1 Å². The summed E-state index contributed by atoms with van der Waals surface area (Å²) >= 11 is 6.06. The van der Waals surface area contributed by atoms with Gasteiger partial charge in [-0.3, -0.25) is 14.5 Å². The standard InChI is InChI=1S/C21H18ClFN4O2/c22-16-3-1-2-15(10-16)18-11-20-26(21(29)8-9-27(20)25-18)13-19(28)24-12-14-4-6-17(23)7-5-14/h1-7,10-11H,8-9,12-13H2,(H,24,28). The number of anilines is 1. The molecule has 0 unspecified atom stereocenters. The van der Waals surface area contributed by atoms with Crippen LogP contribution in [-0.4, -0.2) is 28.1 Å². The zero-order valence-electron chi connectivity index (χ0n) is 15.4. The van der Waals surface area contributed by atoms with Gasteiger partial charge < -0.3 is 5.32 Å². The molecule has 148 valence electrons. The fourth-order valence-corrected chi connectivity index (χ4v) is 3.40. The highest BCUT2D eigenvalue weighted by molar-refractivity contribution is 6.30. The van der Waals surface area contributed by atoms with Gasteiger partial charge in [0.05, 0.1) is 12.2 Å². The summed E-state index contributed by atoms with van der Waals surface area (Å²) in [5.74, 6) is -0.190. The number of hydrogen-bond acceptors (Lipinski definition) is 3. The molecule has 1 aliphatic heterocycles. The number of fused-ring (bicyclic) bond motifs is 1. The fourth-order valence-electron chi connectivity index (χ4n) is 3.21.